The first-order chi connectivity index (χ1) is 5.25. The molecule has 55 valence electrons. The van der Waals surface area contributed by atoms with Crippen molar-refractivity contribution in [3.8, 4) is 0 Å². The molecule has 5 radical (unpaired) electrons. The zero-order valence-electron chi connectivity index (χ0n) is 6.59. The van der Waals surface area contributed by atoms with E-state index in [0.29, 0.717) is 0 Å². The molecule has 0 unspecified atom stereocenters. The van der Waals surface area contributed by atoms with Crippen LogP contribution in [-0.2, 0) is 0 Å². The second-order valence-corrected chi connectivity index (χ2v) is 1.71. The minimum atomic E-state index is -0.442. The van der Waals surface area contributed by atoms with Gasteiger partial charge in [-0.1, -0.05) is 10.9 Å². The molecule has 0 aromatic rings. The van der Waals surface area contributed by atoms with Gasteiger partial charge in [0.25, 0.3) is 6.17 Å². The van der Waals surface area contributed by atoms with E-state index >= 15 is 0 Å². The Bertz CT molecular complexity index is 212. The van der Waals surface area contributed by atoms with Gasteiger partial charge in [0, 0.05) is 0 Å². The summed E-state index contributed by atoms with van der Waals surface area (Å²) in [5, 5.41) is 18.9. The molecule has 1 rings (SSSR count). The summed E-state index contributed by atoms with van der Waals surface area (Å²) in [6.07, 6.45) is -0.0694. The summed E-state index contributed by atoms with van der Waals surface area (Å²) in [6.45, 7) is 1.23. The summed E-state index contributed by atoms with van der Waals surface area (Å²) in [4.78, 5) is 2.69. The van der Waals surface area contributed by atoms with Crippen molar-refractivity contribution in [1.82, 2.24) is 21.9 Å². The molecule has 0 amide bonds. The molecule has 0 aromatic heterocycles. The van der Waals surface area contributed by atoms with Crippen molar-refractivity contribution in [2.24, 2.45) is 0 Å². The molecule has 7 nitrogen and oxygen atoms in total. The van der Waals surface area contributed by atoms with Crippen LogP contribution in [0.4, 0.5) is 0 Å². The van der Waals surface area contributed by atoms with Gasteiger partial charge in [0.05, 0.1) is 0 Å². The Labute approximate surface area is 91.4 Å². The summed E-state index contributed by atoms with van der Waals surface area (Å²) in [5.41, 5.74) is 12.6. The second kappa shape index (κ2) is 5.45. The van der Waals surface area contributed by atoms with Crippen LogP contribution in [0.3, 0.4) is 0 Å². The standard InChI is InChI=1S/C4H3N6O.Na/c1-2(11)3(6-5)4-7-9-10-8-4;/h1H3;/q;+1/b3-2-;. The van der Waals surface area contributed by atoms with Gasteiger partial charge in [-0.2, -0.15) is 0 Å². The number of rotatable bonds is 1. The summed E-state index contributed by atoms with van der Waals surface area (Å²) < 4.78 is 0. The Morgan fingerprint density at radius 1 is 1.42 bits per heavy atom. The third kappa shape index (κ3) is 2.69. The summed E-state index contributed by atoms with van der Waals surface area (Å²) in [6, 6.07) is 0. The number of allylic oxidation sites excluding steroid dienone is 1. The molecule has 0 spiro atoms. The number of hydrogen-bond donors (Lipinski definition) is 0. The molecule has 12 heavy (non-hydrogen) atoms. The molecule has 1 saturated heterocycles. The third-order valence-corrected chi connectivity index (χ3v) is 0.964. The molecular formula is C4H3N6NaO+. The molecule has 0 saturated carbocycles. The van der Waals surface area contributed by atoms with Gasteiger partial charge in [0.2, 0.25) is 5.39 Å². The predicted octanol–water partition coefficient (Wildman–Crippen LogP) is -4.90. The Kier molecular flexibility index (Phi) is 5.36. The van der Waals surface area contributed by atoms with Crippen LogP contribution in [0.25, 0.3) is 4.98 Å². The Morgan fingerprint density at radius 3 is 2.25 bits per heavy atom. The van der Waals surface area contributed by atoms with E-state index < -0.39 is 5.76 Å². The molecule has 1 aliphatic rings. The quantitative estimate of drug-likeness (QED) is 0.225. The first kappa shape index (κ1) is 11.8. The molecule has 0 bridgehead atoms. The molecule has 0 aliphatic carbocycles. The molecule has 1 aliphatic heterocycles. The van der Waals surface area contributed by atoms with Gasteiger partial charge in [0.15, 0.2) is 4.98 Å². The third-order valence-electron chi connectivity index (χ3n) is 0.964. The van der Waals surface area contributed by atoms with Gasteiger partial charge in [-0.05, 0) is 23.8 Å². The average Bonchev–Trinajstić information content (AvgIpc) is 2.40. The van der Waals surface area contributed by atoms with E-state index in [1.54, 1.807) is 0 Å². The van der Waals surface area contributed by atoms with Gasteiger partial charge < -0.3 is 5.11 Å². The molecule has 1 fully saturated rings. The zero-order chi connectivity index (χ0) is 8.27. The van der Waals surface area contributed by atoms with Crippen LogP contribution in [0.2, 0.25) is 0 Å². The molecular weight excluding hydrogens is 171 g/mol. The van der Waals surface area contributed by atoms with Crippen molar-refractivity contribution >= 4 is 0 Å². The Morgan fingerprint density at radius 2 is 1.92 bits per heavy atom. The summed E-state index contributed by atoms with van der Waals surface area (Å²) in [5.74, 6) is -0.442. The SMILES string of the molecule is C/C([O-])=C(/[N+]#N)[C]1[N][N][N][N]1.[Na+]. The minimum Gasteiger partial charge on any atom is -0.870 e. The van der Waals surface area contributed by atoms with Crippen molar-refractivity contribution in [3.05, 3.63) is 22.6 Å². The van der Waals surface area contributed by atoms with E-state index in [2.05, 4.69) is 26.9 Å². The van der Waals surface area contributed by atoms with Crippen molar-refractivity contribution in [1.29, 1.82) is 5.39 Å². The van der Waals surface area contributed by atoms with E-state index in [-0.39, 0.29) is 41.4 Å². The van der Waals surface area contributed by atoms with E-state index in [9.17, 15) is 5.11 Å². The molecule has 0 N–H and O–H groups in total. The normalized spacial score (nSPS) is 19.3. The topological polar surface area (TPSA) is 108 Å². The predicted molar refractivity (Wildman–Crippen MR) is 29.6 cm³/mol. The molecule has 0 aromatic carbocycles. The number of diazo groups is 1. The number of nitrogens with zero attached hydrogens (tertiary/aromatic N) is 6. The van der Waals surface area contributed by atoms with Crippen LogP contribution < -0.4 is 56.6 Å². The fourth-order valence-electron chi connectivity index (χ4n) is 0.512. The van der Waals surface area contributed by atoms with Crippen LogP contribution in [0.15, 0.2) is 11.5 Å². The van der Waals surface area contributed by atoms with Crippen LogP contribution in [0, 0.1) is 11.6 Å². The Hall–Kier alpha value is -0.200. The smallest absolute Gasteiger partial charge is 0.870 e. The molecule has 0 atom stereocenters. The minimum absolute atomic E-state index is 0. The van der Waals surface area contributed by atoms with E-state index in [0.717, 1.165) is 0 Å². The van der Waals surface area contributed by atoms with Crippen LogP contribution in [0.5, 0.6) is 0 Å². The maximum Gasteiger partial charge on any atom is 1.00 e. The first-order valence-corrected chi connectivity index (χ1v) is 2.67. The first-order valence-electron chi connectivity index (χ1n) is 2.67. The van der Waals surface area contributed by atoms with Crippen molar-refractivity contribution in [3.63, 3.8) is 0 Å². The average molecular weight is 174 g/mol. The van der Waals surface area contributed by atoms with E-state index in [1.165, 1.54) is 6.92 Å². The molecule has 8 heteroatoms. The van der Waals surface area contributed by atoms with Crippen molar-refractivity contribution < 1.29 is 34.7 Å². The molecule has 1 heterocycles. The maximum atomic E-state index is 10.6. The van der Waals surface area contributed by atoms with Crippen molar-refractivity contribution in [2.45, 2.75) is 6.92 Å². The second-order valence-electron chi connectivity index (χ2n) is 1.71. The maximum absolute atomic E-state index is 10.6. The fraction of sp³-hybridized carbons (Fsp3) is 0.250. The fourth-order valence-corrected chi connectivity index (χ4v) is 0.512. The van der Waals surface area contributed by atoms with Crippen LogP contribution in [-0.4, -0.2) is 0 Å². The van der Waals surface area contributed by atoms with Gasteiger partial charge in [-0.25, -0.2) is 0 Å². The van der Waals surface area contributed by atoms with Gasteiger partial charge in [-0.3, -0.25) is 0 Å². The van der Waals surface area contributed by atoms with Gasteiger partial charge in [0.1, 0.15) is 0 Å². The number of hydrogen-bond acceptors (Lipinski definition) is 2. The Balaban J connectivity index is 0.00000121. The van der Waals surface area contributed by atoms with Gasteiger partial charge in [-0.15, -0.1) is 0 Å². The monoisotopic (exact) mass is 174 g/mol. The summed E-state index contributed by atoms with van der Waals surface area (Å²) in [7, 11) is 0. The van der Waals surface area contributed by atoms with Crippen LogP contribution in [0.1, 0.15) is 6.92 Å². The largest absolute Gasteiger partial charge is 1.00 e. The van der Waals surface area contributed by atoms with Gasteiger partial charge >= 0.3 is 35.3 Å². The van der Waals surface area contributed by atoms with E-state index in [1.807, 2.05) is 0 Å². The van der Waals surface area contributed by atoms with Crippen molar-refractivity contribution in [2.75, 3.05) is 0 Å². The summed E-state index contributed by atoms with van der Waals surface area (Å²) >= 11 is 0. The van der Waals surface area contributed by atoms with Crippen LogP contribution >= 0.6 is 0 Å². The van der Waals surface area contributed by atoms with E-state index in [4.69, 9.17) is 5.39 Å². The zero-order valence-corrected chi connectivity index (χ0v) is 8.59.